The highest BCUT2D eigenvalue weighted by atomic mass is 32.1. The first-order chi connectivity index (χ1) is 13.0. The number of aromatic nitrogens is 2. The van der Waals surface area contributed by atoms with Gasteiger partial charge in [-0.15, -0.1) is 11.3 Å². The highest BCUT2D eigenvalue weighted by molar-refractivity contribution is 7.12. The lowest BCUT2D eigenvalue weighted by atomic mass is 10.1. The maximum absolute atomic E-state index is 13.1. The van der Waals surface area contributed by atoms with Gasteiger partial charge in [-0.3, -0.25) is 9.59 Å². The molecule has 0 aliphatic rings. The lowest BCUT2D eigenvalue weighted by Crippen LogP contribution is -2.37. The minimum Gasteiger partial charge on any atom is -0.348 e. The van der Waals surface area contributed by atoms with Crippen molar-refractivity contribution in [3.63, 3.8) is 0 Å². The summed E-state index contributed by atoms with van der Waals surface area (Å²) in [4.78, 5) is 24.6. The van der Waals surface area contributed by atoms with Crippen molar-refractivity contribution in [3.8, 4) is 5.69 Å². The van der Waals surface area contributed by atoms with Crippen LogP contribution >= 0.6 is 11.3 Å². The van der Waals surface area contributed by atoms with E-state index >= 15 is 0 Å². The van der Waals surface area contributed by atoms with Crippen LogP contribution in [0, 0.1) is 12.7 Å². The van der Waals surface area contributed by atoms with E-state index in [2.05, 4.69) is 15.7 Å². The van der Waals surface area contributed by atoms with Gasteiger partial charge in [0.05, 0.1) is 29.3 Å². The number of thiophene rings is 1. The molecule has 27 heavy (non-hydrogen) atoms. The van der Waals surface area contributed by atoms with E-state index in [0.717, 1.165) is 16.9 Å². The van der Waals surface area contributed by atoms with Crippen LogP contribution in [-0.2, 0) is 4.79 Å². The zero-order chi connectivity index (χ0) is 19.4. The van der Waals surface area contributed by atoms with Crippen molar-refractivity contribution in [1.82, 2.24) is 20.4 Å². The molecule has 3 aromatic rings. The smallest absolute Gasteiger partial charge is 0.261 e. The minimum absolute atomic E-state index is 0.105. The number of benzene rings is 1. The Bertz CT molecular complexity index is 935. The Morgan fingerprint density at radius 1 is 1.26 bits per heavy atom. The summed E-state index contributed by atoms with van der Waals surface area (Å²) < 4.78 is 14.8. The molecule has 2 heterocycles. The predicted octanol–water partition coefficient (Wildman–Crippen LogP) is 2.99. The molecule has 2 N–H and O–H groups in total. The lowest BCUT2D eigenvalue weighted by molar-refractivity contribution is -0.120. The van der Waals surface area contributed by atoms with Gasteiger partial charge in [0.1, 0.15) is 5.82 Å². The topological polar surface area (TPSA) is 76.0 Å². The molecule has 1 unspecified atom stereocenters. The van der Waals surface area contributed by atoms with E-state index in [1.165, 1.54) is 23.5 Å². The van der Waals surface area contributed by atoms with Gasteiger partial charge in [0.25, 0.3) is 5.91 Å². The highest BCUT2D eigenvalue weighted by Crippen LogP contribution is 2.20. The summed E-state index contributed by atoms with van der Waals surface area (Å²) in [5.74, 6) is -0.872. The van der Waals surface area contributed by atoms with Gasteiger partial charge in [-0.1, -0.05) is 6.07 Å². The van der Waals surface area contributed by atoms with Crippen LogP contribution in [0.2, 0.25) is 0 Å². The van der Waals surface area contributed by atoms with Gasteiger partial charge in [-0.2, -0.15) is 5.10 Å². The first-order valence-corrected chi connectivity index (χ1v) is 9.25. The Hall–Kier alpha value is -3.00. The largest absolute Gasteiger partial charge is 0.348 e. The maximum Gasteiger partial charge on any atom is 0.261 e. The van der Waals surface area contributed by atoms with E-state index in [-0.39, 0.29) is 30.2 Å². The van der Waals surface area contributed by atoms with Crippen molar-refractivity contribution < 1.29 is 14.0 Å². The zero-order valence-electron chi connectivity index (χ0n) is 14.9. The van der Waals surface area contributed by atoms with Gasteiger partial charge in [0, 0.05) is 11.3 Å². The molecule has 2 amide bonds. The fourth-order valence-corrected chi connectivity index (χ4v) is 3.36. The first kappa shape index (κ1) is 18.8. The van der Waals surface area contributed by atoms with Crippen LogP contribution in [0.3, 0.4) is 0 Å². The van der Waals surface area contributed by atoms with Crippen LogP contribution in [0.1, 0.15) is 33.9 Å². The predicted molar refractivity (Wildman–Crippen MR) is 101 cm³/mol. The Labute approximate surface area is 160 Å². The molecule has 1 aromatic carbocycles. The molecule has 1 atom stereocenters. The summed E-state index contributed by atoms with van der Waals surface area (Å²) >= 11 is 1.32. The van der Waals surface area contributed by atoms with Crippen molar-refractivity contribution in [2.75, 3.05) is 6.54 Å². The first-order valence-electron chi connectivity index (χ1n) is 8.37. The van der Waals surface area contributed by atoms with Gasteiger partial charge in [-0.05, 0) is 49.6 Å². The molecule has 0 aliphatic carbocycles. The number of halogens is 1. The molecule has 8 heteroatoms. The summed E-state index contributed by atoms with van der Waals surface area (Å²) in [6.45, 7) is 3.62. The van der Waals surface area contributed by atoms with E-state index in [1.54, 1.807) is 40.5 Å². The Kier molecular flexibility index (Phi) is 5.66. The van der Waals surface area contributed by atoms with Gasteiger partial charge in [0.2, 0.25) is 5.91 Å². The fraction of sp³-hybridized carbons (Fsp3) is 0.211. The van der Waals surface area contributed by atoms with Crippen molar-refractivity contribution >= 4 is 23.2 Å². The fourth-order valence-electron chi connectivity index (χ4n) is 2.72. The molecule has 0 saturated carbocycles. The second-order valence-electron chi connectivity index (χ2n) is 6.02. The summed E-state index contributed by atoms with van der Waals surface area (Å²) in [5.41, 5.74) is 2.43. The Morgan fingerprint density at radius 3 is 2.67 bits per heavy atom. The number of nitrogens with one attached hydrogen (secondary N) is 2. The standard InChI is InChI=1S/C19H19FN4O2S/c1-12(23-18(25)11-21-19(26)17-4-3-9-27-17)16-10-22-24(13(16)2)15-7-5-14(20)6-8-15/h3-10,12H,11H2,1-2H3,(H,21,26)(H,23,25). The van der Waals surface area contributed by atoms with Crippen LogP contribution in [0.4, 0.5) is 4.39 Å². The number of hydrogen-bond donors (Lipinski definition) is 2. The van der Waals surface area contributed by atoms with Gasteiger partial charge in [0.15, 0.2) is 0 Å². The molecule has 6 nitrogen and oxygen atoms in total. The molecule has 0 bridgehead atoms. The molecule has 0 fully saturated rings. The molecule has 2 aromatic heterocycles. The van der Waals surface area contributed by atoms with E-state index < -0.39 is 0 Å². The third-order valence-corrected chi connectivity index (χ3v) is 4.99. The molecule has 0 aliphatic heterocycles. The highest BCUT2D eigenvalue weighted by Gasteiger charge is 2.17. The van der Waals surface area contributed by atoms with Crippen molar-refractivity contribution in [1.29, 1.82) is 0 Å². The average Bonchev–Trinajstić information content (AvgIpc) is 3.30. The molecule has 140 valence electrons. The summed E-state index contributed by atoms with van der Waals surface area (Å²) in [6, 6.07) is 9.22. The molecular weight excluding hydrogens is 367 g/mol. The second-order valence-corrected chi connectivity index (χ2v) is 6.97. The number of carbonyl (C=O) groups excluding carboxylic acids is 2. The van der Waals surface area contributed by atoms with Crippen molar-refractivity contribution in [2.45, 2.75) is 19.9 Å². The Balaban J connectivity index is 1.61. The summed E-state index contributed by atoms with van der Waals surface area (Å²) in [6.07, 6.45) is 1.67. The summed E-state index contributed by atoms with van der Waals surface area (Å²) in [7, 11) is 0. The van der Waals surface area contributed by atoms with Crippen LogP contribution in [0.25, 0.3) is 5.69 Å². The maximum atomic E-state index is 13.1. The molecular formula is C19H19FN4O2S. The lowest BCUT2D eigenvalue weighted by Gasteiger charge is -2.14. The minimum atomic E-state index is -0.311. The van der Waals surface area contributed by atoms with E-state index in [0.29, 0.717) is 4.88 Å². The van der Waals surface area contributed by atoms with E-state index in [9.17, 15) is 14.0 Å². The molecule has 0 radical (unpaired) electrons. The molecule has 0 saturated heterocycles. The number of nitrogens with zero attached hydrogens (tertiary/aromatic N) is 2. The average molecular weight is 386 g/mol. The Morgan fingerprint density at radius 2 is 2.00 bits per heavy atom. The SMILES string of the molecule is Cc1c(C(C)NC(=O)CNC(=O)c2cccs2)cnn1-c1ccc(F)cc1. The van der Waals surface area contributed by atoms with Crippen molar-refractivity contribution in [2.24, 2.45) is 0 Å². The summed E-state index contributed by atoms with van der Waals surface area (Å²) in [5, 5.41) is 11.6. The quantitative estimate of drug-likeness (QED) is 0.684. The molecule has 0 spiro atoms. The third-order valence-electron chi connectivity index (χ3n) is 4.12. The zero-order valence-corrected chi connectivity index (χ0v) is 15.7. The van der Waals surface area contributed by atoms with Crippen LogP contribution in [0.15, 0.2) is 48.0 Å². The second kappa shape index (κ2) is 8.13. The van der Waals surface area contributed by atoms with E-state index in [4.69, 9.17) is 0 Å². The van der Waals surface area contributed by atoms with Crippen molar-refractivity contribution in [3.05, 3.63) is 69.9 Å². The normalized spacial score (nSPS) is 11.8. The molecule has 3 rings (SSSR count). The van der Waals surface area contributed by atoms with Gasteiger partial charge < -0.3 is 10.6 Å². The van der Waals surface area contributed by atoms with E-state index in [1.807, 2.05) is 13.8 Å². The number of hydrogen-bond acceptors (Lipinski definition) is 4. The number of amides is 2. The van der Waals surface area contributed by atoms with Crippen LogP contribution in [0.5, 0.6) is 0 Å². The van der Waals surface area contributed by atoms with Crippen LogP contribution < -0.4 is 10.6 Å². The van der Waals surface area contributed by atoms with Crippen LogP contribution in [-0.4, -0.2) is 28.1 Å². The van der Waals surface area contributed by atoms with Gasteiger partial charge in [-0.25, -0.2) is 9.07 Å². The number of rotatable bonds is 6. The van der Waals surface area contributed by atoms with Gasteiger partial charge >= 0.3 is 0 Å². The monoisotopic (exact) mass is 386 g/mol. The number of carbonyl (C=O) groups is 2. The third kappa shape index (κ3) is 4.40.